The van der Waals surface area contributed by atoms with Crippen LogP contribution in [0.15, 0.2) is 24.3 Å². The van der Waals surface area contributed by atoms with Gasteiger partial charge in [0.1, 0.15) is 5.60 Å². The molecule has 37 heavy (non-hydrogen) atoms. The number of carbonyl (C=O) groups excluding carboxylic acids is 2. The number of aliphatic hydroxyl groups excluding tert-OH is 1. The quantitative estimate of drug-likeness (QED) is 0.298. The van der Waals surface area contributed by atoms with E-state index in [0.29, 0.717) is 19.3 Å². The number of piperidine rings is 1. The highest BCUT2D eigenvalue weighted by Crippen LogP contribution is 2.64. The summed E-state index contributed by atoms with van der Waals surface area (Å²) >= 11 is 0. The summed E-state index contributed by atoms with van der Waals surface area (Å²) in [7, 11) is 0. The lowest BCUT2D eigenvalue weighted by atomic mass is 9.44. The summed E-state index contributed by atoms with van der Waals surface area (Å²) in [5, 5.41) is 23.7. The SMILES string of the molecule is C=C[C@@]1(C)CC(=O)[C@@]2(O)[C@](C)(O1)[C@@H](OC(=O)CCCCN1CCCCC1)C=C1C(C)(C)CC[C@H](O)[C@@]12C. The zero-order valence-corrected chi connectivity index (χ0v) is 23.5. The summed E-state index contributed by atoms with van der Waals surface area (Å²) in [6.07, 6.45) is 8.24. The molecule has 2 heterocycles. The van der Waals surface area contributed by atoms with Gasteiger partial charge in [0.25, 0.3) is 0 Å². The van der Waals surface area contributed by atoms with E-state index in [1.54, 1.807) is 26.8 Å². The lowest BCUT2D eigenvalue weighted by Crippen LogP contribution is -2.81. The first-order valence-electron chi connectivity index (χ1n) is 14.2. The molecule has 0 aromatic rings. The van der Waals surface area contributed by atoms with Crippen molar-refractivity contribution in [2.45, 2.75) is 121 Å². The predicted octanol–water partition coefficient (Wildman–Crippen LogP) is 4.11. The number of hydrogen-bond acceptors (Lipinski definition) is 7. The number of carbonyl (C=O) groups is 2. The number of ether oxygens (including phenoxy) is 2. The van der Waals surface area contributed by atoms with Crippen LogP contribution in [-0.2, 0) is 19.1 Å². The van der Waals surface area contributed by atoms with Gasteiger partial charge in [-0.05, 0) is 90.4 Å². The van der Waals surface area contributed by atoms with Crippen LogP contribution in [0.1, 0.15) is 92.4 Å². The largest absolute Gasteiger partial charge is 0.455 e. The van der Waals surface area contributed by atoms with E-state index >= 15 is 0 Å². The fourth-order valence-electron chi connectivity index (χ4n) is 7.58. The molecule has 4 rings (SSSR count). The molecule has 7 nitrogen and oxygen atoms in total. The number of esters is 1. The molecule has 0 radical (unpaired) electrons. The van der Waals surface area contributed by atoms with Crippen molar-refractivity contribution in [2.75, 3.05) is 19.6 Å². The number of ketones is 1. The fraction of sp³-hybridized carbons (Fsp3) is 0.800. The third-order valence-electron chi connectivity index (χ3n) is 9.93. The molecule has 1 saturated carbocycles. The Labute approximate surface area is 222 Å². The van der Waals surface area contributed by atoms with E-state index in [1.807, 2.05) is 6.08 Å². The molecule has 2 aliphatic heterocycles. The first-order valence-corrected chi connectivity index (χ1v) is 14.2. The van der Waals surface area contributed by atoms with Crippen LogP contribution in [0.2, 0.25) is 0 Å². The average Bonchev–Trinajstić information content (AvgIpc) is 2.84. The highest BCUT2D eigenvalue weighted by Gasteiger charge is 2.76. The maximum atomic E-state index is 13.9. The van der Waals surface area contributed by atoms with Crippen LogP contribution >= 0.6 is 0 Å². The van der Waals surface area contributed by atoms with Gasteiger partial charge in [-0.25, -0.2) is 0 Å². The van der Waals surface area contributed by atoms with E-state index in [0.717, 1.165) is 31.6 Å². The second kappa shape index (κ2) is 9.89. The topological polar surface area (TPSA) is 96.3 Å². The molecule has 0 spiro atoms. The minimum absolute atomic E-state index is 0.0736. The fourth-order valence-corrected chi connectivity index (χ4v) is 7.58. The molecule has 2 aliphatic carbocycles. The number of aliphatic hydroxyl groups is 2. The van der Waals surface area contributed by atoms with Gasteiger partial charge in [-0.3, -0.25) is 9.59 Å². The summed E-state index contributed by atoms with van der Waals surface area (Å²) in [6, 6.07) is 0. The van der Waals surface area contributed by atoms with Gasteiger partial charge in [0, 0.05) is 12.8 Å². The van der Waals surface area contributed by atoms with Crippen LogP contribution in [0, 0.1) is 10.8 Å². The first-order chi connectivity index (χ1) is 17.2. The van der Waals surface area contributed by atoms with Gasteiger partial charge in [0.2, 0.25) is 0 Å². The Balaban J connectivity index is 1.62. The van der Waals surface area contributed by atoms with Crippen molar-refractivity contribution < 1.29 is 29.3 Å². The normalized spacial score (nSPS) is 41.8. The zero-order valence-electron chi connectivity index (χ0n) is 23.5. The molecule has 3 fully saturated rings. The van der Waals surface area contributed by atoms with Crippen LogP contribution in [-0.4, -0.2) is 75.5 Å². The molecule has 0 unspecified atom stereocenters. The number of hydrogen-bond donors (Lipinski definition) is 2. The highest BCUT2D eigenvalue weighted by molar-refractivity contribution is 5.93. The van der Waals surface area contributed by atoms with E-state index in [2.05, 4.69) is 25.3 Å². The van der Waals surface area contributed by atoms with E-state index in [-0.39, 0.29) is 18.8 Å². The van der Waals surface area contributed by atoms with Crippen molar-refractivity contribution >= 4 is 11.8 Å². The number of fused-ring (bicyclic) bond motifs is 3. The molecule has 6 atom stereocenters. The van der Waals surface area contributed by atoms with E-state index in [1.165, 1.54) is 19.3 Å². The van der Waals surface area contributed by atoms with E-state index in [4.69, 9.17) is 9.47 Å². The molecular formula is C30H47NO6. The molecule has 0 bridgehead atoms. The van der Waals surface area contributed by atoms with Gasteiger partial charge in [-0.15, -0.1) is 6.58 Å². The third-order valence-corrected chi connectivity index (χ3v) is 9.93. The smallest absolute Gasteiger partial charge is 0.306 e. The van der Waals surface area contributed by atoms with Gasteiger partial charge in [0.05, 0.1) is 17.1 Å². The van der Waals surface area contributed by atoms with Crippen LogP contribution in [0.3, 0.4) is 0 Å². The number of Topliss-reactive ketones (excluding diaryl/α,β-unsaturated/α-hetero) is 1. The number of likely N-dealkylation sites (tertiary alicyclic amines) is 1. The minimum Gasteiger partial charge on any atom is -0.455 e. The van der Waals surface area contributed by atoms with Crippen molar-refractivity contribution in [2.24, 2.45) is 10.8 Å². The molecule has 0 amide bonds. The maximum absolute atomic E-state index is 13.9. The van der Waals surface area contributed by atoms with Crippen molar-refractivity contribution in [1.29, 1.82) is 0 Å². The number of unbranched alkanes of at least 4 members (excludes halogenated alkanes) is 1. The van der Waals surface area contributed by atoms with E-state index < -0.39 is 45.6 Å². The summed E-state index contributed by atoms with van der Waals surface area (Å²) < 4.78 is 12.6. The second-order valence-electron chi connectivity index (χ2n) is 13.0. The van der Waals surface area contributed by atoms with Gasteiger partial charge in [-0.2, -0.15) is 0 Å². The molecule has 7 heteroatoms. The molecule has 0 aromatic heterocycles. The van der Waals surface area contributed by atoms with Crippen molar-refractivity contribution in [1.82, 2.24) is 4.90 Å². The standard InChI is InChI=1S/C30H47NO6/c1-7-27(4)20-23(33)30(35)28(5)21(26(2,3)15-14-22(28)32)19-24(29(30,6)37-27)36-25(34)13-9-12-18-31-16-10-8-11-17-31/h7,19,22,24,32,35H,1,8-18,20H2,2-6H3/t22-,24-,27-,28+,29+,30-/m0/s1. The van der Waals surface area contributed by atoms with Crippen molar-refractivity contribution in [3.8, 4) is 0 Å². The lowest BCUT2D eigenvalue weighted by molar-refractivity contribution is -0.305. The second-order valence-corrected chi connectivity index (χ2v) is 13.0. The Bertz CT molecular complexity index is 954. The summed E-state index contributed by atoms with van der Waals surface area (Å²) in [4.78, 5) is 29.4. The monoisotopic (exact) mass is 517 g/mol. The number of nitrogens with zero attached hydrogens (tertiary/aromatic N) is 1. The van der Waals surface area contributed by atoms with Gasteiger partial charge in [-0.1, -0.05) is 31.9 Å². The lowest BCUT2D eigenvalue weighted by Gasteiger charge is -2.66. The van der Waals surface area contributed by atoms with Crippen LogP contribution in [0.4, 0.5) is 0 Å². The van der Waals surface area contributed by atoms with Crippen molar-refractivity contribution in [3.63, 3.8) is 0 Å². The Morgan fingerprint density at radius 1 is 1.19 bits per heavy atom. The zero-order chi connectivity index (χ0) is 27.3. The van der Waals surface area contributed by atoms with Gasteiger partial charge in [0.15, 0.2) is 17.5 Å². The maximum Gasteiger partial charge on any atom is 0.306 e. The number of rotatable bonds is 7. The molecular weight excluding hydrogens is 470 g/mol. The van der Waals surface area contributed by atoms with Crippen molar-refractivity contribution in [3.05, 3.63) is 24.3 Å². The predicted molar refractivity (Wildman–Crippen MR) is 142 cm³/mol. The average molecular weight is 518 g/mol. The van der Waals surface area contributed by atoms with Gasteiger partial charge >= 0.3 is 5.97 Å². The van der Waals surface area contributed by atoms with Crippen LogP contribution < -0.4 is 0 Å². The summed E-state index contributed by atoms with van der Waals surface area (Å²) in [5.41, 5.74) is -5.64. The Hall–Kier alpha value is -1.54. The molecule has 2 N–H and O–H groups in total. The Morgan fingerprint density at radius 3 is 2.51 bits per heavy atom. The minimum atomic E-state index is -2.08. The highest BCUT2D eigenvalue weighted by atomic mass is 16.6. The summed E-state index contributed by atoms with van der Waals surface area (Å²) in [5.74, 6) is -0.792. The Kier molecular flexibility index (Phi) is 7.61. The van der Waals surface area contributed by atoms with Crippen LogP contribution in [0.25, 0.3) is 0 Å². The first kappa shape index (κ1) is 28.5. The molecule has 208 valence electrons. The molecule has 2 saturated heterocycles. The van der Waals surface area contributed by atoms with E-state index in [9.17, 15) is 19.8 Å². The summed E-state index contributed by atoms with van der Waals surface area (Å²) in [6.45, 7) is 16.4. The molecule has 0 aromatic carbocycles. The van der Waals surface area contributed by atoms with Gasteiger partial charge < -0.3 is 24.6 Å². The van der Waals surface area contributed by atoms with Crippen LogP contribution in [0.5, 0.6) is 0 Å². The molecule has 4 aliphatic rings. The Morgan fingerprint density at radius 2 is 1.86 bits per heavy atom. The third kappa shape index (κ3) is 4.54.